The van der Waals surface area contributed by atoms with E-state index in [-0.39, 0.29) is 12.5 Å². The highest BCUT2D eigenvalue weighted by molar-refractivity contribution is 5.68. The number of hydrogen-bond donors (Lipinski definition) is 1. The number of carboxylic acid groups (broad SMARTS) is 1. The van der Waals surface area contributed by atoms with Crippen molar-refractivity contribution in [3.8, 4) is 5.88 Å². The number of nitrogens with zero attached hydrogens (tertiary/aromatic N) is 3. The zero-order chi connectivity index (χ0) is 15.2. The fourth-order valence-corrected chi connectivity index (χ4v) is 2.61. The molecule has 0 aliphatic carbocycles. The van der Waals surface area contributed by atoms with Gasteiger partial charge in [-0.05, 0) is 32.6 Å². The lowest BCUT2D eigenvalue weighted by atomic mass is 10.00. The molecule has 1 fully saturated rings. The summed E-state index contributed by atoms with van der Waals surface area (Å²) in [5.41, 5.74) is 0.839. The van der Waals surface area contributed by atoms with Crippen molar-refractivity contribution in [2.75, 3.05) is 18.1 Å². The number of aliphatic carboxylic acids is 1. The predicted octanol–water partition coefficient (Wildman–Crippen LogP) is 2.41. The van der Waals surface area contributed by atoms with Gasteiger partial charge in [0.2, 0.25) is 11.8 Å². The minimum absolute atomic E-state index is 0.0305. The second-order valence-electron chi connectivity index (χ2n) is 5.44. The number of piperidine rings is 1. The predicted molar refractivity (Wildman–Crippen MR) is 79.8 cm³/mol. The number of carbonyl (C=O) groups is 1. The Morgan fingerprint density at radius 1 is 1.48 bits per heavy atom. The SMILES string of the molecule is CCCOc1cc(C)nc(N2CCCCC2CC(=O)O)n1. The molecule has 1 saturated heterocycles. The highest BCUT2D eigenvalue weighted by Crippen LogP contribution is 2.25. The molecule has 1 unspecified atom stereocenters. The van der Waals surface area contributed by atoms with E-state index in [1.54, 1.807) is 0 Å². The Balaban J connectivity index is 2.20. The van der Waals surface area contributed by atoms with Crippen LogP contribution in [0.15, 0.2) is 6.07 Å². The van der Waals surface area contributed by atoms with Crippen molar-refractivity contribution in [3.63, 3.8) is 0 Å². The molecular weight excluding hydrogens is 270 g/mol. The molecule has 1 aromatic rings. The van der Waals surface area contributed by atoms with Gasteiger partial charge in [0.05, 0.1) is 13.0 Å². The van der Waals surface area contributed by atoms with Crippen molar-refractivity contribution in [1.29, 1.82) is 0 Å². The fraction of sp³-hybridized carbons (Fsp3) is 0.667. The van der Waals surface area contributed by atoms with E-state index < -0.39 is 5.97 Å². The largest absolute Gasteiger partial charge is 0.481 e. The first kappa shape index (κ1) is 15.5. The highest BCUT2D eigenvalue weighted by atomic mass is 16.5. The van der Waals surface area contributed by atoms with Crippen LogP contribution in [-0.4, -0.2) is 40.2 Å². The zero-order valence-electron chi connectivity index (χ0n) is 12.7. The quantitative estimate of drug-likeness (QED) is 0.868. The van der Waals surface area contributed by atoms with Gasteiger partial charge in [0.15, 0.2) is 0 Å². The minimum Gasteiger partial charge on any atom is -0.481 e. The van der Waals surface area contributed by atoms with Gasteiger partial charge < -0.3 is 14.7 Å². The third-order valence-electron chi connectivity index (χ3n) is 3.57. The number of rotatable bonds is 6. The summed E-state index contributed by atoms with van der Waals surface area (Å²) in [6.45, 7) is 5.37. The maximum Gasteiger partial charge on any atom is 0.305 e. The van der Waals surface area contributed by atoms with Gasteiger partial charge in [-0.1, -0.05) is 6.92 Å². The summed E-state index contributed by atoms with van der Waals surface area (Å²) in [6.07, 6.45) is 4.01. The smallest absolute Gasteiger partial charge is 0.305 e. The van der Waals surface area contributed by atoms with Gasteiger partial charge >= 0.3 is 5.97 Å². The number of hydrogen-bond acceptors (Lipinski definition) is 5. The van der Waals surface area contributed by atoms with Gasteiger partial charge in [0.1, 0.15) is 0 Å². The Hall–Kier alpha value is -1.85. The summed E-state index contributed by atoms with van der Waals surface area (Å²) >= 11 is 0. The van der Waals surface area contributed by atoms with E-state index in [1.807, 2.05) is 24.8 Å². The molecule has 2 rings (SSSR count). The topological polar surface area (TPSA) is 75.5 Å². The van der Waals surface area contributed by atoms with Crippen molar-refractivity contribution >= 4 is 11.9 Å². The standard InChI is InChI=1S/C15H23N3O3/c1-3-8-21-13-9-11(2)16-15(17-13)18-7-5-4-6-12(18)10-14(19)20/h9,12H,3-8,10H2,1-2H3,(H,19,20). The Labute approximate surface area is 125 Å². The molecule has 2 heterocycles. The molecule has 1 atom stereocenters. The molecule has 0 amide bonds. The van der Waals surface area contributed by atoms with Crippen LogP contribution < -0.4 is 9.64 Å². The summed E-state index contributed by atoms with van der Waals surface area (Å²) in [7, 11) is 0. The summed E-state index contributed by atoms with van der Waals surface area (Å²) in [4.78, 5) is 22.0. The van der Waals surface area contributed by atoms with Crippen LogP contribution >= 0.6 is 0 Å². The molecule has 6 heteroatoms. The van der Waals surface area contributed by atoms with Crippen LogP contribution in [0.25, 0.3) is 0 Å². The Kier molecular flexibility index (Phi) is 5.36. The van der Waals surface area contributed by atoms with Gasteiger partial charge in [-0.25, -0.2) is 4.98 Å². The monoisotopic (exact) mass is 293 g/mol. The normalized spacial score (nSPS) is 18.6. The molecule has 0 bridgehead atoms. The molecule has 1 aliphatic heterocycles. The number of ether oxygens (including phenoxy) is 1. The molecule has 1 aliphatic rings. The lowest BCUT2D eigenvalue weighted by Gasteiger charge is -2.35. The Morgan fingerprint density at radius 3 is 3.00 bits per heavy atom. The number of aryl methyl sites for hydroxylation is 1. The van der Waals surface area contributed by atoms with E-state index in [9.17, 15) is 4.79 Å². The van der Waals surface area contributed by atoms with Gasteiger partial charge in [-0.3, -0.25) is 4.79 Å². The summed E-state index contributed by atoms with van der Waals surface area (Å²) in [6, 6.07) is 1.78. The maximum atomic E-state index is 11.0. The van der Waals surface area contributed by atoms with Crippen molar-refractivity contribution in [1.82, 2.24) is 9.97 Å². The Morgan fingerprint density at radius 2 is 2.29 bits per heavy atom. The molecule has 0 radical (unpaired) electrons. The molecule has 0 spiro atoms. The number of carboxylic acids is 1. The van der Waals surface area contributed by atoms with Gasteiger partial charge in [-0.15, -0.1) is 0 Å². The summed E-state index contributed by atoms with van der Waals surface area (Å²) < 4.78 is 5.59. The van der Waals surface area contributed by atoms with Crippen LogP contribution in [0.4, 0.5) is 5.95 Å². The third-order valence-corrected chi connectivity index (χ3v) is 3.57. The zero-order valence-corrected chi connectivity index (χ0v) is 12.7. The second-order valence-corrected chi connectivity index (χ2v) is 5.44. The molecule has 1 aromatic heterocycles. The lowest BCUT2D eigenvalue weighted by molar-refractivity contribution is -0.137. The van der Waals surface area contributed by atoms with Crippen LogP contribution in [0.5, 0.6) is 5.88 Å². The molecule has 116 valence electrons. The van der Waals surface area contributed by atoms with Crippen LogP contribution in [0.2, 0.25) is 0 Å². The van der Waals surface area contributed by atoms with Gasteiger partial charge in [-0.2, -0.15) is 4.98 Å². The molecule has 1 N–H and O–H groups in total. The number of aromatic nitrogens is 2. The van der Waals surface area contributed by atoms with E-state index in [4.69, 9.17) is 9.84 Å². The minimum atomic E-state index is -0.776. The number of anilines is 1. The second kappa shape index (κ2) is 7.24. The molecule has 6 nitrogen and oxygen atoms in total. The van der Waals surface area contributed by atoms with E-state index in [0.29, 0.717) is 18.4 Å². The van der Waals surface area contributed by atoms with E-state index in [2.05, 4.69) is 9.97 Å². The van der Waals surface area contributed by atoms with Crippen molar-refractivity contribution in [2.45, 2.75) is 52.0 Å². The lowest BCUT2D eigenvalue weighted by Crippen LogP contribution is -2.42. The van der Waals surface area contributed by atoms with Crippen LogP contribution in [-0.2, 0) is 4.79 Å². The highest BCUT2D eigenvalue weighted by Gasteiger charge is 2.27. The van der Waals surface area contributed by atoms with E-state index in [1.165, 1.54) is 0 Å². The van der Waals surface area contributed by atoms with E-state index in [0.717, 1.165) is 37.9 Å². The van der Waals surface area contributed by atoms with Crippen LogP contribution in [0.3, 0.4) is 0 Å². The third kappa shape index (κ3) is 4.31. The molecule has 0 aromatic carbocycles. The molecule has 21 heavy (non-hydrogen) atoms. The fourth-order valence-electron chi connectivity index (χ4n) is 2.61. The first-order valence-electron chi connectivity index (χ1n) is 7.57. The van der Waals surface area contributed by atoms with Gasteiger partial charge in [0, 0.05) is 24.3 Å². The first-order valence-corrected chi connectivity index (χ1v) is 7.57. The Bertz CT molecular complexity index is 493. The first-order chi connectivity index (χ1) is 10.1. The maximum absolute atomic E-state index is 11.0. The summed E-state index contributed by atoms with van der Waals surface area (Å²) in [5, 5.41) is 9.06. The van der Waals surface area contributed by atoms with Crippen LogP contribution in [0, 0.1) is 6.92 Å². The van der Waals surface area contributed by atoms with Crippen molar-refractivity contribution in [3.05, 3.63) is 11.8 Å². The van der Waals surface area contributed by atoms with Gasteiger partial charge in [0.25, 0.3) is 0 Å². The van der Waals surface area contributed by atoms with Crippen molar-refractivity contribution < 1.29 is 14.6 Å². The van der Waals surface area contributed by atoms with E-state index >= 15 is 0 Å². The molecular formula is C15H23N3O3. The summed E-state index contributed by atoms with van der Waals surface area (Å²) in [5.74, 6) is 0.382. The average molecular weight is 293 g/mol. The molecule has 0 saturated carbocycles. The van der Waals surface area contributed by atoms with Crippen molar-refractivity contribution in [2.24, 2.45) is 0 Å². The average Bonchev–Trinajstić information content (AvgIpc) is 2.44. The van der Waals surface area contributed by atoms with Crippen LogP contribution in [0.1, 0.15) is 44.7 Å².